The molecule has 4 rings (SSSR count). The zero-order chi connectivity index (χ0) is 19.8. The molecule has 8 heteroatoms. The second kappa shape index (κ2) is 7.09. The van der Waals surface area contributed by atoms with Crippen LogP contribution < -0.4 is 10.9 Å². The van der Waals surface area contributed by atoms with E-state index >= 15 is 0 Å². The largest absolute Gasteiger partial charge is 0.361 e. The molecule has 3 heterocycles. The van der Waals surface area contributed by atoms with Gasteiger partial charge in [0, 0.05) is 27.7 Å². The Hall–Kier alpha value is -3.19. The van der Waals surface area contributed by atoms with Gasteiger partial charge in [0.1, 0.15) is 5.76 Å². The van der Waals surface area contributed by atoms with Crippen LogP contribution >= 0.6 is 11.6 Å². The van der Waals surface area contributed by atoms with Crippen molar-refractivity contribution in [2.75, 3.05) is 5.32 Å². The van der Waals surface area contributed by atoms with Gasteiger partial charge in [-0.3, -0.25) is 4.79 Å². The number of aromatic nitrogens is 4. The van der Waals surface area contributed by atoms with E-state index in [1.54, 1.807) is 24.4 Å². The van der Waals surface area contributed by atoms with Gasteiger partial charge < -0.3 is 14.8 Å². The Balaban J connectivity index is 1.66. The molecule has 0 spiro atoms. The van der Waals surface area contributed by atoms with Crippen LogP contribution in [0.2, 0.25) is 5.02 Å². The lowest BCUT2D eigenvalue weighted by Crippen LogP contribution is -2.20. The van der Waals surface area contributed by atoms with Gasteiger partial charge >= 0.3 is 0 Å². The summed E-state index contributed by atoms with van der Waals surface area (Å²) in [6, 6.07) is 8.67. The van der Waals surface area contributed by atoms with E-state index in [0.717, 1.165) is 22.2 Å². The van der Waals surface area contributed by atoms with E-state index in [9.17, 15) is 4.79 Å². The molecule has 0 bridgehead atoms. The Labute approximate surface area is 165 Å². The molecule has 0 amide bonds. The lowest BCUT2D eigenvalue weighted by molar-refractivity contribution is 0.393. The molecular weight excluding hydrogens is 378 g/mol. The molecule has 0 aliphatic heterocycles. The van der Waals surface area contributed by atoms with Crippen LogP contribution in [0, 0.1) is 13.8 Å². The molecule has 142 valence electrons. The monoisotopic (exact) mass is 395 g/mol. The van der Waals surface area contributed by atoms with E-state index in [1.165, 1.54) is 0 Å². The first-order valence-corrected chi connectivity index (χ1v) is 9.15. The SMILES string of the molecule is Cc1noc(C)c1-c1ccnc(N[C@@H](C)c2cc3cc(Cl)ccc3[nH]c2=O)n1. The summed E-state index contributed by atoms with van der Waals surface area (Å²) in [4.78, 5) is 24.2. The summed E-state index contributed by atoms with van der Waals surface area (Å²) in [5.41, 5.74) is 3.45. The number of anilines is 1. The van der Waals surface area contributed by atoms with Gasteiger partial charge in [0.2, 0.25) is 5.95 Å². The zero-order valence-electron chi connectivity index (χ0n) is 15.6. The summed E-state index contributed by atoms with van der Waals surface area (Å²) in [6.07, 6.45) is 1.66. The minimum atomic E-state index is -0.313. The first kappa shape index (κ1) is 18.2. The number of nitrogens with zero attached hydrogens (tertiary/aromatic N) is 3. The van der Waals surface area contributed by atoms with Crippen LogP contribution in [0.5, 0.6) is 0 Å². The second-order valence-electron chi connectivity index (χ2n) is 6.62. The first-order chi connectivity index (χ1) is 13.4. The summed E-state index contributed by atoms with van der Waals surface area (Å²) < 4.78 is 5.22. The number of halogens is 1. The van der Waals surface area contributed by atoms with Crippen molar-refractivity contribution in [2.24, 2.45) is 0 Å². The molecule has 3 aromatic heterocycles. The summed E-state index contributed by atoms with van der Waals surface area (Å²) in [7, 11) is 0. The van der Waals surface area contributed by atoms with Gasteiger partial charge in [0.15, 0.2) is 0 Å². The Kier molecular flexibility index (Phi) is 4.60. The molecule has 2 N–H and O–H groups in total. The average Bonchev–Trinajstić information content (AvgIpc) is 3.00. The van der Waals surface area contributed by atoms with Crippen molar-refractivity contribution in [3.63, 3.8) is 0 Å². The summed E-state index contributed by atoms with van der Waals surface area (Å²) >= 11 is 6.07. The lowest BCUT2D eigenvalue weighted by atomic mass is 10.1. The third kappa shape index (κ3) is 3.36. The number of aromatic amines is 1. The molecule has 0 aliphatic carbocycles. The molecule has 0 radical (unpaired) electrons. The summed E-state index contributed by atoms with van der Waals surface area (Å²) in [5, 5.41) is 8.63. The van der Waals surface area contributed by atoms with Crippen LogP contribution in [-0.2, 0) is 0 Å². The maximum absolute atomic E-state index is 12.5. The van der Waals surface area contributed by atoms with Crippen LogP contribution in [0.4, 0.5) is 5.95 Å². The Morgan fingerprint density at radius 3 is 2.79 bits per heavy atom. The van der Waals surface area contributed by atoms with E-state index in [0.29, 0.717) is 28.0 Å². The Bertz CT molecular complexity index is 1210. The lowest BCUT2D eigenvalue weighted by Gasteiger charge is -2.14. The third-order valence-electron chi connectivity index (χ3n) is 4.59. The number of H-pyrrole nitrogens is 1. The van der Waals surface area contributed by atoms with Gasteiger partial charge in [-0.25, -0.2) is 9.97 Å². The number of hydrogen-bond donors (Lipinski definition) is 2. The fourth-order valence-electron chi connectivity index (χ4n) is 3.20. The van der Waals surface area contributed by atoms with E-state index in [4.69, 9.17) is 16.1 Å². The van der Waals surface area contributed by atoms with Gasteiger partial charge in [-0.05, 0) is 51.1 Å². The number of aryl methyl sites for hydroxylation is 2. The van der Waals surface area contributed by atoms with Gasteiger partial charge in [-0.2, -0.15) is 0 Å². The van der Waals surface area contributed by atoms with E-state index in [1.807, 2.05) is 32.9 Å². The number of benzene rings is 1. The van der Waals surface area contributed by atoms with Crippen LogP contribution in [0.1, 0.15) is 30.0 Å². The minimum Gasteiger partial charge on any atom is -0.361 e. The number of pyridine rings is 1. The first-order valence-electron chi connectivity index (χ1n) is 8.77. The normalized spacial score (nSPS) is 12.3. The van der Waals surface area contributed by atoms with Crippen molar-refractivity contribution >= 4 is 28.5 Å². The quantitative estimate of drug-likeness (QED) is 0.531. The van der Waals surface area contributed by atoms with Crippen molar-refractivity contribution in [3.8, 4) is 11.3 Å². The highest BCUT2D eigenvalue weighted by atomic mass is 35.5. The fraction of sp³-hybridized carbons (Fsp3) is 0.200. The van der Waals surface area contributed by atoms with E-state index < -0.39 is 0 Å². The van der Waals surface area contributed by atoms with E-state index in [2.05, 4.69) is 25.4 Å². The van der Waals surface area contributed by atoms with Crippen molar-refractivity contribution < 1.29 is 4.52 Å². The van der Waals surface area contributed by atoms with Gasteiger partial charge in [-0.15, -0.1) is 0 Å². The predicted octanol–water partition coefficient (Wildman–Crippen LogP) is 4.42. The number of fused-ring (bicyclic) bond motifs is 1. The number of hydrogen-bond acceptors (Lipinski definition) is 6. The molecule has 0 unspecified atom stereocenters. The Morgan fingerprint density at radius 1 is 1.21 bits per heavy atom. The third-order valence-corrected chi connectivity index (χ3v) is 4.83. The molecule has 0 saturated carbocycles. The summed E-state index contributed by atoms with van der Waals surface area (Å²) in [6.45, 7) is 5.59. The second-order valence-corrected chi connectivity index (χ2v) is 7.05. The van der Waals surface area contributed by atoms with Gasteiger partial charge in [0.25, 0.3) is 5.56 Å². The molecular formula is C20H18ClN5O2. The molecule has 0 aliphatic rings. The molecule has 4 aromatic rings. The van der Waals surface area contributed by atoms with Crippen LogP contribution in [0.25, 0.3) is 22.2 Å². The standard InChI is InChI=1S/C20H18ClN5O2/c1-10(15-9-13-8-14(21)4-5-16(13)24-19(15)27)23-20-22-7-6-17(25-20)18-11(2)26-28-12(18)3/h4-10H,1-3H3,(H,24,27)(H,22,23,25)/t10-/m0/s1. The molecule has 7 nitrogen and oxygen atoms in total. The number of rotatable bonds is 4. The molecule has 1 atom stereocenters. The van der Waals surface area contributed by atoms with Crippen LogP contribution in [0.15, 0.2) is 45.8 Å². The minimum absolute atomic E-state index is 0.170. The van der Waals surface area contributed by atoms with Crippen molar-refractivity contribution in [3.05, 3.63) is 68.9 Å². The molecule has 0 saturated heterocycles. The summed E-state index contributed by atoms with van der Waals surface area (Å²) in [5.74, 6) is 1.11. The topological polar surface area (TPSA) is 96.7 Å². The van der Waals surface area contributed by atoms with Crippen molar-refractivity contribution in [2.45, 2.75) is 26.8 Å². The molecule has 28 heavy (non-hydrogen) atoms. The predicted molar refractivity (Wildman–Crippen MR) is 109 cm³/mol. The van der Waals surface area contributed by atoms with Crippen LogP contribution in [0.3, 0.4) is 0 Å². The Morgan fingerprint density at radius 2 is 2.04 bits per heavy atom. The smallest absolute Gasteiger partial charge is 0.253 e. The maximum Gasteiger partial charge on any atom is 0.253 e. The zero-order valence-corrected chi connectivity index (χ0v) is 16.3. The highest BCUT2D eigenvalue weighted by molar-refractivity contribution is 6.31. The number of nitrogens with one attached hydrogen (secondary N) is 2. The van der Waals surface area contributed by atoms with Crippen molar-refractivity contribution in [1.29, 1.82) is 0 Å². The van der Waals surface area contributed by atoms with Crippen molar-refractivity contribution in [1.82, 2.24) is 20.1 Å². The molecule has 0 fully saturated rings. The highest BCUT2D eigenvalue weighted by Crippen LogP contribution is 2.26. The molecule has 1 aromatic carbocycles. The van der Waals surface area contributed by atoms with Gasteiger partial charge in [0.05, 0.1) is 23.0 Å². The van der Waals surface area contributed by atoms with E-state index in [-0.39, 0.29) is 11.6 Å². The average molecular weight is 396 g/mol. The van der Waals surface area contributed by atoms with Gasteiger partial charge in [-0.1, -0.05) is 16.8 Å². The van der Waals surface area contributed by atoms with Crippen LogP contribution in [-0.4, -0.2) is 20.1 Å². The fourth-order valence-corrected chi connectivity index (χ4v) is 3.38. The maximum atomic E-state index is 12.5. The highest BCUT2D eigenvalue weighted by Gasteiger charge is 2.16.